The van der Waals surface area contributed by atoms with Gasteiger partial charge in [0.15, 0.2) is 29.0 Å². The van der Waals surface area contributed by atoms with Crippen LogP contribution in [0.4, 0.5) is 4.39 Å². The zero-order valence-electron chi connectivity index (χ0n) is 22.2. The van der Waals surface area contributed by atoms with Crippen LogP contribution >= 0.6 is 0 Å². The Morgan fingerprint density at radius 2 is 1.78 bits per heavy atom. The average molecular weight is 576 g/mol. The number of aliphatic hydroxyl groups excluding tert-OH is 3. The number of phenols is 2. The van der Waals surface area contributed by atoms with Crippen molar-refractivity contribution in [2.24, 2.45) is 0 Å². The highest BCUT2D eigenvalue weighted by Crippen LogP contribution is 2.36. The van der Waals surface area contributed by atoms with Crippen molar-refractivity contribution in [2.45, 2.75) is 31.7 Å². The lowest BCUT2D eigenvalue weighted by Crippen LogP contribution is -2.63. The van der Waals surface area contributed by atoms with E-state index in [2.05, 4.69) is 11.9 Å². The summed E-state index contributed by atoms with van der Waals surface area (Å²) in [5, 5.41) is 67.6. The van der Waals surface area contributed by atoms with E-state index < -0.39 is 83.1 Å². The summed E-state index contributed by atoms with van der Waals surface area (Å²) in [6, 6.07) is 0. The van der Waals surface area contributed by atoms with Crippen LogP contribution in [-0.4, -0.2) is 105 Å². The van der Waals surface area contributed by atoms with Crippen molar-refractivity contribution in [2.75, 3.05) is 32.8 Å². The first-order chi connectivity index (χ1) is 19.3. The topological polar surface area (TPSA) is 212 Å². The Bertz CT molecular complexity index is 1360. The van der Waals surface area contributed by atoms with Gasteiger partial charge in [-0.15, -0.1) is 0 Å². The average Bonchev–Trinajstić information content (AvgIpc) is 3.29. The lowest BCUT2D eigenvalue weighted by Gasteiger charge is -2.37. The molecule has 0 aromatic heterocycles. The highest BCUT2D eigenvalue weighted by atomic mass is 19.1. The normalized spacial score (nSPS) is 24.3. The predicted molar refractivity (Wildman–Crippen MR) is 141 cm³/mol. The molecular weight excluding hydrogens is 546 g/mol. The fraction of sp³-hybridized carbons (Fsp3) is 0.400. The molecule has 1 aromatic rings. The Labute approximate surface area is 234 Å². The van der Waals surface area contributed by atoms with Gasteiger partial charge in [0.2, 0.25) is 11.6 Å². The van der Waals surface area contributed by atoms with Gasteiger partial charge in [-0.05, 0) is 5.46 Å². The van der Waals surface area contributed by atoms with Crippen LogP contribution in [0.25, 0.3) is 0 Å². The number of amides is 3. The molecule has 3 aliphatic heterocycles. The van der Waals surface area contributed by atoms with Crippen LogP contribution in [0.1, 0.15) is 24.0 Å². The highest BCUT2D eigenvalue weighted by Gasteiger charge is 2.53. The van der Waals surface area contributed by atoms with E-state index in [1.165, 1.54) is 7.85 Å². The number of benzene rings is 1. The SMILES string of the molecule is Bc1c(O)c(CN2CCOCC2)c(O)c(F)c1CN/C(O)=C1\CN(C2(O)CCC(=O)NC2=O)C(=O)\C1=C(/O)C(=C)O. The molecule has 8 N–H and O–H groups in total. The van der Waals surface area contributed by atoms with Crippen LogP contribution in [0.5, 0.6) is 11.5 Å². The quantitative estimate of drug-likeness (QED) is 0.0770. The minimum absolute atomic E-state index is 0.0145. The minimum Gasteiger partial charge on any atom is -0.508 e. The highest BCUT2D eigenvalue weighted by molar-refractivity contribution is 6.35. The molecule has 0 bridgehead atoms. The van der Waals surface area contributed by atoms with Crippen molar-refractivity contribution in [3.05, 3.63) is 52.1 Å². The second kappa shape index (κ2) is 11.3. The number of hydrogen-bond acceptors (Lipinski definition) is 12. The van der Waals surface area contributed by atoms with Gasteiger partial charge in [0.25, 0.3) is 11.8 Å². The molecule has 1 unspecified atom stereocenters. The Hall–Kier alpha value is -4.28. The largest absolute Gasteiger partial charge is 0.508 e. The molecule has 3 fully saturated rings. The number of aliphatic hydroxyl groups is 4. The Morgan fingerprint density at radius 3 is 2.39 bits per heavy atom. The number of morpholine rings is 1. The maximum atomic E-state index is 15.3. The molecule has 220 valence electrons. The van der Waals surface area contributed by atoms with Gasteiger partial charge in [0, 0.05) is 50.2 Å². The number of hydrogen-bond donors (Lipinski definition) is 8. The van der Waals surface area contributed by atoms with Gasteiger partial charge in [0.1, 0.15) is 13.6 Å². The number of rotatable bonds is 7. The summed E-state index contributed by atoms with van der Waals surface area (Å²) in [7, 11) is 1.41. The molecule has 0 spiro atoms. The first kappa shape index (κ1) is 29.7. The van der Waals surface area contributed by atoms with Crippen molar-refractivity contribution in [1.29, 1.82) is 0 Å². The zero-order valence-corrected chi connectivity index (χ0v) is 22.2. The number of carbonyl (C=O) groups is 3. The molecule has 3 amide bonds. The standard InChI is InChI=1S/C25H30BFN4O10/c1-11(32)19(34)16-13(10-31(23(16)38)25(40)3-2-15(33)29-24(25)39)22(37)28-8-12-17(26)20(35)14(21(36)18(12)27)9-30-4-6-41-7-5-30/h28,32,34-37,40H,1-10,26H2,(H,29,33,39)/b19-16-,22-13-. The lowest BCUT2D eigenvalue weighted by atomic mass is 9.86. The Morgan fingerprint density at radius 1 is 1.12 bits per heavy atom. The smallest absolute Gasteiger partial charge is 0.279 e. The van der Waals surface area contributed by atoms with E-state index in [4.69, 9.17) is 4.74 Å². The number of carbonyl (C=O) groups excluding carboxylic acids is 3. The molecule has 0 aliphatic carbocycles. The molecule has 3 aliphatic rings. The molecule has 0 saturated carbocycles. The van der Waals surface area contributed by atoms with E-state index in [0.29, 0.717) is 31.2 Å². The van der Waals surface area contributed by atoms with E-state index in [1.807, 2.05) is 10.2 Å². The monoisotopic (exact) mass is 576 g/mol. The van der Waals surface area contributed by atoms with Gasteiger partial charge in [-0.25, -0.2) is 4.39 Å². The summed E-state index contributed by atoms with van der Waals surface area (Å²) >= 11 is 0. The van der Waals surface area contributed by atoms with Crippen LogP contribution in [-0.2, 0) is 32.2 Å². The van der Waals surface area contributed by atoms with Crippen molar-refractivity contribution in [1.82, 2.24) is 20.4 Å². The summed E-state index contributed by atoms with van der Waals surface area (Å²) in [5.74, 6) is -8.04. The number of nitrogens with one attached hydrogen (secondary N) is 2. The first-order valence-corrected chi connectivity index (χ1v) is 12.7. The number of phenolic OH excluding ortho intramolecular Hbond substituents is 2. The molecule has 0 radical (unpaired) electrons. The van der Waals surface area contributed by atoms with Gasteiger partial charge in [-0.3, -0.25) is 29.5 Å². The third kappa shape index (κ3) is 5.40. The molecule has 1 atom stereocenters. The fourth-order valence-electron chi connectivity index (χ4n) is 4.94. The van der Waals surface area contributed by atoms with Crippen LogP contribution in [0.2, 0.25) is 0 Å². The number of aromatic hydroxyl groups is 2. The molecule has 3 saturated heterocycles. The first-order valence-electron chi connectivity index (χ1n) is 12.7. The van der Waals surface area contributed by atoms with Gasteiger partial charge in [0.05, 0.1) is 30.9 Å². The van der Waals surface area contributed by atoms with E-state index >= 15 is 4.39 Å². The predicted octanol–water partition coefficient (Wildman–Crippen LogP) is -1.96. The van der Waals surface area contributed by atoms with Crippen molar-refractivity contribution < 1.29 is 54.2 Å². The molecule has 3 heterocycles. The molecule has 1 aromatic carbocycles. The van der Waals surface area contributed by atoms with Crippen molar-refractivity contribution >= 4 is 31.0 Å². The molecular formula is C25H30BFN4O10. The minimum atomic E-state index is -2.52. The van der Waals surface area contributed by atoms with Crippen LogP contribution in [0, 0.1) is 5.82 Å². The Balaban J connectivity index is 1.65. The summed E-state index contributed by atoms with van der Waals surface area (Å²) < 4.78 is 20.6. The molecule has 14 nitrogen and oxygen atoms in total. The number of likely N-dealkylation sites (tertiary alicyclic amines) is 1. The molecule has 4 rings (SSSR count). The number of piperidine rings is 1. The second-order valence-electron chi connectivity index (χ2n) is 9.92. The van der Waals surface area contributed by atoms with Crippen LogP contribution in [0.15, 0.2) is 35.1 Å². The summed E-state index contributed by atoms with van der Waals surface area (Å²) in [4.78, 5) is 39.7. The van der Waals surface area contributed by atoms with Crippen LogP contribution < -0.4 is 16.1 Å². The maximum absolute atomic E-state index is 15.3. The van der Waals surface area contributed by atoms with Gasteiger partial charge >= 0.3 is 0 Å². The van der Waals surface area contributed by atoms with E-state index in [9.17, 15) is 45.0 Å². The summed E-state index contributed by atoms with van der Waals surface area (Å²) in [6.07, 6.45) is -0.779. The van der Waals surface area contributed by atoms with E-state index in [-0.39, 0.29) is 35.3 Å². The summed E-state index contributed by atoms with van der Waals surface area (Å²) in [5.41, 5.74) is -3.78. The fourth-order valence-corrected chi connectivity index (χ4v) is 4.94. The zero-order chi connectivity index (χ0) is 30.2. The number of ether oxygens (including phenoxy) is 1. The number of nitrogens with zero attached hydrogens (tertiary/aromatic N) is 2. The molecule has 41 heavy (non-hydrogen) atoms. The summed E-state index contributed by atoms with van der Waals surface area (Å²) in [6.45, 7) is 3.98. The lowest BCUT2D eigenvalue weighted by molar-refractivity contribution is -0.177. The van der Waals surface area contributed by atoms with Gasteiger partial charge in [-0.1, -0.05) is 6.58 Å². The van der Waals surface area contributed by atoms with E-state index in [1.54, 1.807) is 0 Å². The third-order valence-electron chi connectivity index (χ3n) is 7.41. The molecule has 16 heteroatoms. The third-order valence-corrected chi connectivity index (χ3v) is 7.41. The second-order valence-corrected chi connectivity index (χ2v) is 9.92. The van der Waals surface area contributed by atoms with Gasteiger partial charge < -0.3 is 40.7 Å². The van der Waals surface area contributed by atoms with Crippen molar-refractivity contribution in [3.8, 4) is 11.5 Å². The van der Waals surface area contributed by atoms with Gasteiger partial charge in [-0.2, -0.15) is 0 Å². The van der Waals surface area contributed by atoms with Crippen LogP contribution in [0.3, 0.4) is 0 Å². The Kier molecular flexibility index (Phi) is 8.19. The van der Waals surface area contributed by atoms with E-state index in [0.717, 1.165) is 0 Å². The number of imide groups is 1. The maximum Gasteiger partial charge on any atom is 0.279 e. The van der Waals surface area contributed by atoms with Crippen molar-refractivity contribution in [3.63, 3.8) is 0 Å². The number of halogens is 1.